The predicted octanol–water partition coefficient (Wildman–Crippen LogP) is 5.93. The van der Waals surface area contributed by atoms with Crippen LogP contribution in [-0.4, -0.2) is 5.71 Å². The van der Waals surface area contributed by atoms with Crippen molar-refractivity contribution in [1.82, 2.24) is 0 Å². The molecule has 4 aromatic carbocycles. The molecule has 2 aliphatic carbocycles. The molecule has 4 aromatic rings. The summed E-state index contributed by atoms with van der Waals surface area (Å²) in [7, 11) is 0. The summed E-state index contributed by atoms with van der Waals surface area (Å²) in [5.74, 6) is 6.28. The Kier molecular flexibility index (Phi) is 3.48. The molecule has 0 amide bonds. The smallest absolute Gasteiger partial charge is 0.0614 e. The van der Waals surface area contributed by atoms with Crippen LogP contribution < -0.4 is 5.84 Å². The summed E-state index contributed by atoms with van der Waals surface area (Å²) in [6, 6.07) is 34.6. The number of nitrogens with zero attached hydrogens (tertiary/aromatic N) is 1. The lowest BCUT2D eigenvalue weighted by Gasteiger charge is -2.23. The minimum atomic E-state index is 0.0663. The number of benzene rings is 4. The first kappa shape index (κ1) is 16.3. The van der Waals surface area contributed by atoms with Gasteiger partial charge in [-0.05, 0) is 44.5 Å². The monoisotopic (exact) mass is 372 g/mol. The van der Waals surface area contributed by atoms with Crippen LogP contribution in [0, 0.1) is 0 Å². The van der Waals surface area contributed by atoms with Crippen LogP contribution in [0.3, 0.4) is 0 Å². The second-order valence-corrected chi connectivity index (χ2v) is 7.77. The molecular weight excluding hydrogens is 352 g/mol. The average molecular weight is 372 g/mol. The van der Waals surface area contributed by atoms with E-state index in [1.165, 1.54) is 44.5 Å². The third-order valence-corrected chi connectivity index (χ3v) is 6.41. The zero-order chi connectivity index (χ0) is 19.4. The van der Waals surface area contributed by atoms with Crippen LogP contribution >= 0.6 is 0 Å². The van der Waals surface area contributed by atoms with Crippen molar-refractivity contribution < 1.29 is 0 Å². The van der Waals surface area contributed by atoms with Gasteiger partial charge in [0.05, 0.1) is 17.5 Å². The second-order valence-electron chi connectivity index (χ2n) is 7.77. The zero-order valence-electron chi connectivity index (χ0n) is 15.9. The maximum atomic E-state index is 6.15. The molecular formula is C27H20N2. The van der Waals surface area contributed by atoms with Crippen molar-refractivity contribution >= 4 is 5.71 Å². The molecule has 0 saturated heterocycles. The predicted molar refractivity (Wildman–Crippen MR) is 119 cm³/mol. The highest BCUT2D eigenvalue weighted by atomic mass is 15.1. The first-order valence-electron chi connectivity index (χ1n) is 10.0. The maximum absolute atomic E-state index is 6.15. The van der Waals surface area contributed by atoms with E-state index in [2.05, 4.69) is 102 Å². The highest BCUT2D eigenvalue weighted by molar-refractivity contribution is 6.08. The van der Waals surface area contributed by atoms with Gasteiger partial charge in [-0.3, -0.25) is 0 Å². The van der Waals surface area contributed by atoms with Gasteiger partial charge >= 0.3 is 0 Å². The fourth-order valence-electron chi connectivity index (χ4n) is 5.26. The SMILES string of the molecule is NN=C(C1c2ccccc2-c2ccccc21)C1c2ccccc2-c2ccccc21. The first-order chi connectivity index (χ1) is 14.4. The lowest BCUT2D eigenvalue weighted by molar-refractivity contribution is 0.980. The normalized spacial score (nSPS) is 14.1. The Hall–Kier alpha value is -3.65. The van der Waals surface area contributed by atoms with Crippen molar-refractivity contribution in [2.75, 3.05) is 0 Å². The molecule has 0 aliphatic heterocycles. The van der Waals surface area contributed by atoms with E-state index in [1.807, 2.05) is 0 Å². The molecule has 0 radical (unpaired) electrons. The van der Waals surface area contributed by atoms with Crippen molar-refractivity contribution in [1.29, 1.82) is 0 Å². The highest BCUT2D eigenvalue weighted by Crippen LogP contribution is 2.52. The number of hydrogen-bond donors (Lipinski definition) is 1. The van der Waals surface area contributed by atoms with Gasteiger partial charge in [-0.1, -0.05) is 97.1 Å². The summed E-state index contributed by atoms with van der Waals surface area (Å²) in [5.41, 5.74) is 11.3. The minimum absolute atomic E-state index is 0.0663. The Labute approximate surface area is 170 Å². The summed E-state index contributed by atoms with van der Waals surface area (Å²) < 4.78 is 0. The average Bonchev–Trinajstić information content (AvgIpc) is 3.29. The molecule has 2 nitrogen and oxygen atoms in total. The summed E-state index contributed by atoms with van der Waals surface area (Å²) in [4.78, 5) is 0. The van der Waals surface area contributed by atoms with Gasteiger partial charge < -0.3 is 5.84 Å². The Morgan fingerprint density at radius 1 is 0.483 bits per heavy atom. The quantitative estimate of drug-likeness (QED) is 0.264. The van der Waals surface area contributed by atoms with E-state index in [9.17, 15) is 0 Å². The molecule has 0 atom stereocenters. The van der Waals surface area contributed by atoms with Crippen molar-refractivity contribution in [2.45, 2.75) is 11.8 Å². The van der Waals surface area contributed by atoms with Gasteiger partial charge in [0.2, 0.25) is 0 Å². The largest absolute Gasteiger partial charge is 0.323 e. The van der Waals surface area contributed by atoms with E-state index >= 15 is 0 Å². The van der Waals surface area contributed by atoms with Gasteiger partial charge in [-0.25, -0.2) is 0 Å². The van der Waals surface area contributed by atoms with E-state index in [1.54, 1.807) is 0 Å². The van der Waals surface area contributed by atoms with Gasteiger partial charge in [0.1, 0.15) is 0 Å². The van der Waals surface area contributed by atoms with Crippen molar-refractivity contribution in [3.63, 3.8) is 0 Å². The van der Waals surface area contributed by atoms with Crippen LogP contribution in [0.4, 0.5) is 0 Å². The maximum Gasteiger partial charge on any atom is 0.0614 e. The van der Waals surface area contributed by atoms with Gasteiger partial charge in [0.15, 0.2) is 0 Å². The van der Waals surface area contributed by atoms with Crippen molar-refractivity contribution in [3.8, 4) is 22.3 Å². The molecule has 0 saturated carbocycles. The van der Waals surface area contributed by atoms with Gasteiger partial charge in [0, 0.05) is 0 Å². The van der Waals surface area contributed by atoms with E-state index in [0.29, 0.717) is 0 Å². The van der Waals surface area contributed by atoms with E-state index < -0.39 is 0 Å². The zero-order valence-corrected chi connectivity index (χ0v) is 15.9. The summed E-state index contributed by atoms with van der Waals surface area (Å²) >= 11 is 0. The van der Waals surface area contributed by atoms with Gasteiger partial charge in [0.25, 0.3) is 0 Å². The van der Waals surface area contributed by atoms with Gasteiger partial charge in [-0.2, -0.15) is 5.10 Å². The van der Waals surface area contributed by atoms with Crippen LogP contribution in [0.25, 0.3) is 22.3 Å². The number of nitrogens with two attached hydrogens (primary N) is 1. The number of hydrogen-bond acceptors (Lipinski definition) is 2. The fraction of sp³-hybridized carbons (Fsp3) is 0.0741. The summed E-state index contributed by atoms with van der Waals surface area (Å²) in [5, 5.41) is 4.46. The Morgan fingerprint density at radius 3 is 1.03 bits per heavy atom. The van der Waals surface area contributed by atoms with E-state index in [0.717, 1.165) is 5.71 Å². The Morgan fingerprint density at radius 2 is 0.759 bits per heavy atom. The highest BCUT2D eigenvalue weighted by Gasteiger charge is 2.40. The molecule has 2 aliphatic rings. The van der Waals surface area contributed by atoms with E-state index in [4.69, 9.17) is 5.84 Å². The third kappa shape index (κ3) is 2.20. The molecule has 6 rings (SSSR count). The lowest BCUT2D eigenvalue weighted by atomic mass is 9.80. The van der Waals surface area contributed by atoms with E-state index in [-0.39, 0.29) is 11.8 Å². The Balaban J connectivity index is 1.60. The first-order valence-corrected chi connectivity index (χ1v) is 10.0. The molecule has 0 unspecified atom stereocenters. The molecule has 0 heterocycles. The van der Waals surface area contributed by atoms with Crippen LogP contribution in [0.2, 0.25) is 0 Å². The molecule has 2 heteroatoms. The molecule has 138 valence electrons. The van der Waals surface area contributed by atoms with Crippen LogP contribution in [0.5, 0.6) is 0 Å². The molecule has 0 bridgehead atoms. The fourth-order valence-corrected chi connectivity index (χ4v) is 5.26. The summed E-state index contributed by atoms with van der Waals surface area (Å²) in [6.45, 7) is 0. The van der Waals surface area contributed by atoms with Crippen LogP contribution in [-0.2, 0) is 0 Å². The van der Waals surface area contributed by atoms with Crippen LogP contribution in [0.1, 0.15) is 34.1 Å². The van der Waals surface area contributed by atoms with Crippen molar-refractivity contribution in [3.05, 3.63) is 119 Å². The number of hydrazone groups is 1. The topological polar surface area (TPSA) is 38.4 Å². The molecule has 29 heavy (non-hydrogen) atoms. The van der Waals surface area contributed by atoms with Crippen molar-refractivity contribution in [2.24, 2.45) is 10.9 Å². The molecule has 0 fully saturated rings. The molecule has 0 aromatic heterocycles. The number of rotatable bonds is 2. The Bertz CT molecular complexity index is 1100. The second kappa shape index (κ2) is 6.18. The lowest BCUT2D eigenvalue weighted by Crippen LogP contribution is -2.22. The molecule has 0 spiro atoms. The van der Waals surface area contributed by atoms with Crippen LogP contribution in [0.15, 0.2) is 102 Å². The molecule has 2 N–H and O–H groups in total. The number of fused-ring (bicyclic) bond motifs is 6. The standard InChI is InChI=1S/C27H20N2/c28-29-27(25-21-13-5-1-9-17(21)18-10-2-6-14-22(18)25)26-23-15-7-3-11-19(23)20-12-4-8-16-24(20)26/h1-16,25-26H,28H2. The minimum Gasteiger partial charge on any atom is -0.323 e. The van der Waals surface area contributed by atoms with Gasteiger partial charge in [-0.15, -0.1) is 0 Å². The third-order valence-electron chi connectivity index (χ3n) is 6.41. The summed E-state index contributed by atoms with van der Waals surface area (Å²) in [6.07, 6.45) is 0.